The van der Waals surface area contributed by atoms with Crippen LogP contribution in [0.25, 0.3) is 0 Å². The van der Waals surface area contributed by atoms with Gasteiger partial charge >= 0.3 is 0 Å². The molecule has 3 aromatic rings. The summed E-state index contributed by atoms with van der Waals surface area (Å²) in [6.07, 6.45) is 0. The lowest BCUT2D eigenvalue weighted by Crippen LogP contribution is -2.54. The zero-order valence-electron chi connectivity index (χ0n) is 21.6. The maximum atomic E-state index is 13.6. The van der Waals surface area contributed by atoms with Crippen LogP contribution in [-0.2, 0) is 19.6 Å². The Bertz CT molecular complexity index is 1360. The van der Waals surface area contributed by atoms with Crippen LogP contribution < -0.4 is 10.0 Å². The zero-order valence-corrected chi connectivity index (χ0v) is 22.4. The Kier molecular flexibility index (Phi) is 8.73. The van der Waals surface area contributed by atoms with Gasteiger partial charge in [-0.3, -0.25) is 14.5 Å². The molecule has 8 nitrogen and oxygen atoms in total. The molecule has 1 aliphatic heterocycles. The summed E-state index contributed by atoms with van der Waals surface area (Å²) >= 11 is 0. The molecule has 0 aliphatic carbocycles. The molecule has 2 amide bonds. The van der Waals surface area contributed by atoms with Gasteiger partial charge in [-0.2, -0.15) is 4.72 Å². The molecule has 0 saturated carbocycles. The molecule has 0 spiro atoms. The predicted octanol–water partition coefficient (Wildman–Crippen LogP) is 3.52. The highest BCUT2D eigenvalue weighted by molar-refractivity contribution is 7.89. The van der Waals surface area contributed by atoms with Crippen molar-refractivity contribution >= 4 is 27.5 Å². The third-order valence-corrected chi connectivity index (χ3v) is 8.11. The molecule has 1 saturated heterocycles. The minimum atomic E-state index is -3.97. The van der Waals surface area contributed by atoms with Gasteiger partial charge in [0.2, 0.25) is 21.8 Å². The number of hydrogen-bond donors (Lipinski definition) is 2. The SMILES string of the molecule is CC(=O)Nc1ccc(S(=O)(=O)N[C@@H](C)C(=O)N2CCN(C(c3ccc(F)cc3)c3ccc(F)cc3)CC2)cc1. The van der Waals surface area contributed by atoms with E-state index in [-0.39, 0.29) is 34.4 Å². The molecule has 0 aromatic heterocycles. The van der Waals surface area contributed by atoms with Gasteiger partial charge in [0.05, 0.1) is 17.0 Å². The Balaban J connectivity index is 1.41. The van der Waals surface area contributed by atoms with E-state index in [0.717, 1.165) is 11.1 Å². The van der Waals surface area contributed by atoms with E-state index >= 15 is 0 Å². The van der Waals surface area contributed by atoms with Crippen LogP contribution >= 0.6 is 0 Å². The lowest BCUT2D eigenvalue weighted by atomic mass is 9.96. The number of hydrogen-bond acceptors (Lipinski definition) is 5. The van der Waals surface area contributed by atoms with Crippen molar-refractivity contribution in [2.24, 2.45) is 0 Å². The molecule has 0 radical (unpaired) electrons. The second-order valence-electron chi connectivity index (χ2n) is 9.42. The van der Waals surface area contributed by atoms with Crippen LogP contribution in [0.15, 0.2) is 77.7 Å². The van der Waals surface area contributed by atoms with Crippen LogP contribution in [0.1, 0.15) is 31.0 Å². The Morgan fingerprint density at radius 2 is 1.28 bits per heavy atom. The molecule has 4 rings (SSSR count). The van der Waals surface area contributed by atoms with Crippen molar-refractivity contribution in [2.75, 3.05) is 31.5 Å². The minimum absolute atomic E-state index is 0.0255. The van der Waals surface area contributed by atoms with E-state index in [1.807, 2.05) is 0 Å². The molecule has 206 valence electrons. The third kappa shape index (κ3) is 7.05. The summed E-state index contributed by atoms with van der Waals surface area (Å²) in [7, 11) is -3.97. The largest absolute Gasteiger partial charge is 0.339 e. The van der Waals surface area contributed by atoms with Crippen molar-refractivity contribution in [1.29, 1.82) is 0 Å². The summed E-state index contributed by atoms with van der Waals surface area (Å²) in [5.74, 6) is -1.34. The number of piperazine rings is 1. The number of sulfonamides is 1. The van der Waals surface area contributed by atoms with Gasteiger partial charge in [-0.25, -0.2) is 17.2 Å². The first-order valence-corrected chi connectivity index (χ1v) is 14.0. The minimum Gasteiger partial charge on any atom is -0.339 e. The summed E-state index contributed by atoms with van der Waals surface area (Å²) < 4.78 is 55.3. The molecule has 1 aliphatic rings. The average molecular weight is 557 g/mol. The van der Waals surface area contributed by atoms with Crippen LogP contribution in [0.3, 0.4) is 0 Å². The molecular formula is C28H30F2N4O4S. The van der Waals surface area contributed by atoms with Gasteiger partial charge in [-0.15, -0.1) is 0 Å². The summed E-state index contributed by atoms with van der Waals surface area (Å²) in [6.45, 7) is 4.53. The van der Waals surface area contributed by atoms with Gasteiger partial charge in [0.1, 0.15) is 11.6 Å². The highest BCUT2D eigenvalue weighted by atomic mass is 32.2. The fourth-order valence-electron chi connectivity index (χ4n) is 4.65. The first kappa shape index (κ1) is 28.3. The Morgan fingerprint density at radius 3 is 1.74 bits per heavy atom. The second-order valence-corrected chi connectivity index (χ2v) is 11.1. The van der Waals surface area contributed by atoms with Gasteiger partial charge in [-0.05, 0) is 66.6 Å². The van der Waals surface area contributed by atoms with Crippen molar-refractivity contribution in [3.05, 3.63) is 95.6 Å². The lowest BCUT2D eigenvalue weighted by molar-refractivity contribution is -0.134. The number of carbonyl (C=O) groups excluding carboxylic acids is 2. The van der Waals surface area contributed by atoms with E-state index in [4.69, 9.17) is 0 Å². The normalized spacial score (nSPS) is 15.3. The Hall–Kier alpha value is -3.67. The Labute approximate surface area is 226 Å². The standard InChI is InChI=1S/C28H30F2N4O4S/c1-19(32-39(37,38)26-13-11-25(12-14-26)31-20(2)35)28(36)34-17-15-33(16-18-34)27(21-3-7-23(29)8-4-21)22-5-9-24(30)10-6-22/h3-14,19,27,32H,15-18H2,1-2H3,(H,31,35)/t19-/m0/s1. The first-order chi connectivity index (χ1) is 18.5. The summed E-state index contributed by atoms with van der Waals surface area (Å²) in [5, 5.41) is 2.57. The van der Waals surface area contributed by atoms with E-state index in [2.05, 4.69) is 14.9 Å². The Morgan fingerprint density at radius 1 is 0.795 bits per heavy atom. The van der Waals surface area contributed by atoms with E-state index in [1.165, 1.54) is 62.4 Å². The van der Waals surface area contributed by atoms with Crippen molar-refractivity contribution in [3.8, 4) is 0 Å². The molecule has 11 heteroatoms. The number of nitrogens with zero attached hydrogens (tertiary/aromatic N) is 2. The molecule has 1 heterocycles. The monoisotopic (exact) mass is 556 g/mol. The van der Waals surface area contributed by atoms with E-state index in [1.54, 1.807) is 29.2 Å². The third-order valence-electron chi connectivity index (χ3n) is 6.55. The van der Waals surface area contributed by atoms with Crippen LogP contribution in [0, 0.1) is 11.6 Å². The molecule has 39 heavy (non-hydrogen) atoms. The average Bonchev–Trinajstić information content (AvgIpc) is 2.91. The van der Waals surface area contributed by atoms with Gasteiger partial charge in [0.25, 0.3) is 0 Å². The topological polar surface area (TPSA) is 98.8 Å². The molecule has 1 atom stereocenters. The summed E-state index contributed by atoms with van der Waals surface area (Å²) in [4.78, 5) is 28.0. The van der Waals surface area contributed by atoms with Gasteiger partial charge < -0.3 is 10.2 Å². The number of benzene rings is 3. The molecule has 3 aromatic carbocycles. The number of anilines is 1. The first-order valence-electron chi connectivity index (χ1n) is 12.5. The lowest BCUT2D eigenvalue weighted by Gasteiger charge is -2.40. The van der Waals surface area contributed by atoms with Crippen LogP contribution in [-0.4, -0.2) is 62.3 Å². The highest BCUT2D eigenvalue weighted by Crippen LogP contribution is 2.30. The van der Waals surface area contributed by atoms with Crippen LogP contribution in [0.5, 0.6) is 0 Å². The number of nitrogens with one attached hydrogen (secondary N) is 2. The maximum absolute atomic E-state index is 13.6. The highest BCUT2D eigenvalue weighted by Gasteiger charge is 2.31. The van der Waals surface area contributed by atoms with Crippen LogP contribution in [0.4, 0.5) is 14.5 Å². The van der Waals surface area contributed by atoms with Crippen molar-refractivity contribution in [1.82, 2.24) is 14.5 Å². The molecule has 0 bridgehead atoms. The van der Waals surface area contributed by atoms with Crippen LogP contribution in [0.2, 0.25) is 0 Å². The number of rotatable bonds is 8. The van der Waals surface area contributed by atoms with Gasteiger partial charge in [-0.1, -0.05) is 24.3 Å². The number of amides is 2. The van der Waals surface area contributed by atoms with E-state index in [0.29, 0.717) is 31.9 Å². The predicted molar refractivity (Wildman–Crippen MR) is 143 cm³/mol. The van der Waals surface area contributed by atoms with Crippen molar-refractivity contribution in [3.63, 3.8) is 0 Å². The van der Waals surface area contributed by atoms with E-state index < -0.39 is 16.1 Å². The fraction of sp³-hybridized carbons (Fsp3) is 0.286. The van der Waals surface area contributed by atoms with Gasteiger partial charge in [0.15, 0.2) is 0 Å². The molecule has 1 fully saturated rings. The van der Waals surface area contributed by atoms with Gasteiger partial charge in [0, 0.05) is 38.8 Å². The fourth-order valence-corrected chi connectivity index (χ4v) is 5.85. The molecular weight excluding hydrogens is 526 g/mol. The van der Waals surface area contributed by atoms with Crippen molar-refractivity contribution < 1.29 is 26.8 Å². The molecule has 0 unspecified atom stereocenters. The van der Waals surface area contributed by atoms with E-state index in [9.17, 15) is 26.8 Å². The summed E-state index contributed by atoms with van der Waals surface area (Å²) in [6, 6.07) is 16.7. The van der Waals surface area contributed by atoms with Crippen molar-refractivity contribution in [2.45, 2.75) is 30.8 Å². The summed E-state index contributed by atoms with van der Waals surface area (Å²) in [5.41, 5.74) is 2.14. The molecule has 2 N–H and O–H groups in total. The number of halogens is 2. The number of carbonyl (C=O) groups is 2. The quantitative estimate of drug-likeness (QED) is 0.443. The second kappa shape index (κ2) is 12.0. The maximum Gasteiger partial charge on any atom is 0.241 e. The smallest absolute Gasteiger partial charge is 0.241 e. The zero-order chi connectivity index (χ0) is 28.2.